The summed E-state index contributed by atoms with van der Waals surface area (Å²) in [5, 5.41) is 5.03. The van der Waals surface area contributed by atoms with Crippen LogP contribution >= 0.6 is 11.3 Å². The van der Waals surface area contributed by atoms with E-state index in [0.717, 1.165) is 31.1 Å². The van der Waals surface area contributed by atoms with Crippen molar-refractivity contribution < 1.29 is 13.6 Å². The number of aromatic nitrogens is 1. The molecule has 4 nitrogen and oxygen atoms in total. The molecule has 2 atom stereocenters. The molecule has 1 N–H and O–H groups in total. The molecule has 1 fully saturated rings. The lowest BCUT2D eigenvalue weighted by atomic mass is 9.88. The normalized spacial score (nSPS) is 18.1. The molecule has 3 aromatic rings. The van der Waals surface area contributed by atoms with Crippen molar-refractivity contribution in [3.63, 3.8) is 0 Å². The van der Waals surface area contributed by atoms with Crippen molar-refractivity contribution >= 4 is 17.2 Å². The van der Waals surface area contributed by atoms with Gasteiger partial charge in [-0.2, -0.15) is 0 Å². The Hall–Kier alpha value is -2.64. The Morgan fingerprint density at radius 1 is 1.20 bits per heavy atom. The van der Waals surface area contributed by atoms with Gasteiger partial charge in [0.05, 0.1) is 16.6 Å². The largest absolute Gasteiger partial charge is 0.343 e. The number of amides is 1. The van der Waals surface area contributed by atoms with Crippen molar-refractivity contribution in [1.29, 1.82) is 0 Å². The van der Waals surface area contributed by atoms with E-state index in [0.29, 0.717) is 23.5 Å². The SMILES string of the molecule is O=C(N[C@H](c1ccccn1)[C@@H]1CCCN(Cc2cccc(F)c2F)C1)c1cccs1. The second-order valence-corrected chi connectivity index (χ2v) is 8.48. The van der Waals surface area contributed by atoms with Crippen LogP contribution in [0.3, 0.4) is 0 Å². The lowest BCUT2D eigenvalue weighted by molar-refractivity contribution is 0.0878. The van der Waals surface area contributed by atoms with E-state index in [9.17, 15) is 13.6 Å². The van der Waals surface area contributed by atoms with Gasteiger partial charge in [0.25, 0.3) is 5.91 Å². The number of thiophene rings is 1. The lowest BCUT2D eigenvalue weighted by Crippen LogP contribution is -2.43. The fourth-order valence-electron chi connectivity index (χ4n) is 4.03. The Kier molecular flexibility index (Phi) is 6.50. The molecule has 2 aromatic heterocycles. The summed E-state index contributed by atoms with van der Waals surface area (Å²) < 4.78 is 27.7. The van der Waals surface area contributed by atoms with Gasteiger partial charge in [-0.15, -0.1) is 11.3 Å². The molecule has 156 valence electrons. The summed E-state index contributed by atoms with van der Waals surface area (Å²) in [6.45, 7) is 1.82. The summed E-state index contributed by atoms with van der Waals surface area (Å²) in [4.78, 5) is 20.0. The number of rotatable bonds is 6. The van der Waals surface area contributed by atoms with Crippen molar-refractivity contribution in [2.45, 2.75) is 25.4 Å². The first-order valence-electron chi connectivity index (χ1n) is 10.0. The summed E-state index contributed by atoms with van der Waals surface area (Å²) in [6, 6.07) is 13.4. The van der Waals surface area contributed by atoms with E-state index in [1.165, 1.54) is 17.4 Å². The molecular weight excluding hydrogens is 404 g/mol. The van der Waals surface area contributed by atoms with Gasteiger partial charge in [0.2, 0.25) is 0 Å². The van der Waals surface area contributed by atoms with Crippen molar-refractivity contribution in [2.75, 3.05) is 13.1 Å². The van der Waals surface area contributed by atoms with E-state index >= 15 is 0 Å². The van der Waals surface area contributed by atoms with Gasteiger partial charge in [0.15, 0.2) is 11.6 Å². The third kappa shape index (κ3) is 4.74. The number of carbonyl (C=O) groups excluding carboxylic acids is 1. The number of benzene rings is 1. The molecule has 0 spiro atoms. The van der Waals surface area contributed by atoms with Gasteiger partial charge < -0.3 is 5.32 Å². The highest BCUT2D eigenvalue weighted by molar-refractivity contribution is 7.12. The highest BCUT2D eigenvalue weighted by Gasteiger charge is 2.31. The Bertz CT molecular complexity index is 981. The number of pyridine rings is 1. The standard InChI is InChI=1S/C23H23F2N3OS/c24-18-8-3-6-16(21(18)25)14-28-12-4-7-17(15-28)22(19-9-1-2-11-26-19)27-23(29)20-10-5-13-30-20/h1-3,5-6,8-11,13,17,22H,4,7,12,14-15H2,(H,27,29)/t17-,22+/m1/s1. The van der Waals surface area contributed by atoms with Gasteiger partial charge in [-0.3, -0.25) is 14.7 Å². The molecule has 0 bridgehead atoms. The second-order valence-electron chi connectivity index (χ2n) is 7.53. The molecule has 0 aliphatic carbocycles. The van der Waals surface area contributed by atoms with Gasteiger partial charge in [0, 0.05) is 24.8 Å². The Balaban J connectivity index is 1.52. The van der Waals surface area contributed by atoms with E-state index in [2.05, 4.69) is 15.2 Å². The number of halogens is 2. The van der Waals surface area contributed by atoms with Crippen LogP contribution in [-0.2, 0) is 6.54 Å². The molecule has 1 aliphatic rings. The molecule has 1 aliphatic heterocycles. The predicted octanol–water partition coefficient (Wildman–Crippen LogP) is 4.80. The van der Waals surface area contributed by atoms with Crippen molar-refractivity contribution in [2.24, 2.45) is 5.92 Å². The number of nitrogens with one attached hydrogen (secondary N) is 1. The third-order valence-corrected chi connectivity index (χ3v) is 6.35. The molecule has 0 unspecified atom stereocenters. The summed E-state index contributed by atoms with van der Waals surface area (Å²) >= 11 is 1.40. The first-order chi connectivity index (χ1) is 14.6. The van der Waals surface area contributed by atoms with Gasteiger partial charge in [-0.05, 0) is 54.9 Å². The van der Waals surface area contributed by atoms with Crippen LogP contribution in [0.2, 0.25) is 0 Å². The quantitative estimate of drug-likeness (QED) is 0.614. The number of piperidine rings is 1. The monoisotopic (exact) mass is 427 g/mol. The van der Waals surface area contributed by atoms with Gasteiger partial charge in [-0.1, -0.05) is 24.3 Å². The van der Waals surface area contributed by atoms with Crippen LogP contribution in [0.5, 0.6) is 0 Å². The molecule has 1 aromatic carbocycles. The average Bonchev–Trinajstić information content (AvgIpc) is 3.31. The predicted molar refractivity (Wildman–Crippen MR) is 113 cm³/mol. The second kappa shape index (κ2) is 9.45. The molecular formula is C23H23F2N3OS. The summed E-state index contributed by atoms with van der Waals surface area (Å²) in [6.07, 6.45) is 3.57. The number of likely N-dealkylation sites (tertiary alicyclic amines) is 1. The molecule has 4 rings (SSSR count). The average molecular weight is 428 g/mol. The van der Waals surface area contributed by atoms with E-state index < -0.39 is 11.6 Å². The van der Waals surface area contributed by atoms with Crippen LogP contribution in [0.25, 0.3) is 0 Å². The minimum atomic E-state index is -0.823. The molecule has 1 saturated heterocycles. The van der Waals surface area contributed by atoms with Crippen LogP contribution in [0.4, 0.5) is 8.78 Å². The first kappa shape index (κ1) is 20.6. The fourth-order valence-corrected chi connectivity index (χ4v) is 4.66. The van der Waals surface area contributed by atoms with Crippen LogP contribution in [0, 0.1) is 17.6 Å². The zero-order chi connectivity index (χ0) is 20.9. The highest BCUT2D eigenvalue weighted by Crippen LogP contribution is 2.30. The minimum Gasteiger partial charge on any atom is -0.343 e. The van der Waals surface area contributed by atoms with Crippen LogP contribution in [0.1, 0.15) is 39.8 Å². The Morgan fingerprint density at radius 3 is 2.87 bits per heavy atom. The van der Waals surface area contributed by atoms with Crippen LogP contribution in [0.15, 0.2) is 60.1 Å². The molecule has 3 heterocycles. The number of carbonyl (C=O) groups is 1. The van der Waals surface area contributed by atoms with Crippen molar-refractivity contribution in [3.05, 3.63) is 87.9 Å². The zero-order valence-electron chi connectivity index (χ0n) is 16.4. The topological polar surface area (TPSA) is 45.2 Å². The number of nitrogens with zero attached hydrogens (tertiary/aromatic N) is 2. The third-order valence-electron chi connectivity index (χ3n) is 5.48. The smallest absolute Gasteiger partial charge is 0.261 e. The van der Waals surface area contributed by atoms with E-state index in [1.807, 2.05) is 29.6 Å². The number of hydrogen-bond donors (Lipinski definition) is 1. The van der Waals surface area contributed by atoms with Gasteiger partial charge in [-0.25, -0.2) is 8.78 Å². The molecule has 30 heavy (non-hydrogen) atoms. The number of hydrogen-bond acceptors (Lipinski definition) is 4. The maximum atomic E-state index is 14.1. The maximum Gasteiger partial charge on any atom is 0.261 e. The Morgan fingerprint density at radius 2 is 2.10 bits per heavy atom. The van der Waals surface area contributed by atoms with Crippen molar-refractivity contribution in [1.82, 2.24) is 15.2 Å². The summed E-state index contributed by atoms with van der Waals surface area (Å²) in [5.41, 5.74) is 1.17. The van der Waals surface area contributed by atoms with Crippen LogP contribution in [-0.4, -0.2) is 28.9 Å². The van der Waals surface area contributed by atoms with E-state index in [1.54, 1.807) is 18.3 Å². The molecule has 7 heteroatoms. The van der Waals surface area contributed by atoms with Gasteiger partial charge in [0.1, 0.15) is 0 Å². The van der Waals surface area contributed by atoms with Crippen molar-refractivity contribution in [3.8, 4) is 0 Å². The first-order valence-corrected chi connectivity index (χ1v) is 10.9. The minimum absolute atomic E-state index is 0.117. The summed E-state index contributed by atoms with van der Waals surface area (Å²) in [5.74, 6) is -1.61. The van der Waals surface area contributed by atoms with Crippen LogP contribution < -0.4 is 5.32 Å². The Labute approximate surface area is 178 Å². The molecule has 0 radical (unpaired) electrons. The van der Waals surface area contributed by atoms with Gasteiger partial charge >= 0.3 is 0 Å². The van der Waals surface area contributed by atoms with E-state index in [-0.39, 0.29) is 17.9 Å². The maximum absolute atomic E-state index is 14.1. The van der Waals surface area contributed by atoms with E-state index in [4.69, 9.17) is 0 Å². The highest BCUT2D eigenvalue weighted by atomic mass is 32.1. The fraction of sp³-hybridized carbons (Fsp3) is 0.304. The molecule has 0 saturated carbocycles. The lowest BCUT2D eigenvalue weighted by Gasteiger charge is -2.37. The molecule has 1 amide bonds. The zero-order valence-corrected chi connectivity index (χ0v) is 17.2. The summed E-state index contributed by atoms with van der Waals surface area (Å²) in [7, 11) is 0.